The molecule has 9 nitrogen and oxygen atoms in total. The molecule has 10 heteroatoms. The highest BCUT2D eigenvalue weighted by molar-refractivity contribution is 6.31. The van der Waals surface area contributed by atoms with Crippen LogP contribution in [-0.4, -0.2) is 22.0 Å². The molecule has 176 valence electrons. The zero-order valence-electron chi connectivity index (χ0n) is 18.7. The van der Waals surface area contributed by atoms with Crippen molar-refractivity contribution in [2.24, 2.45) is 0 Å². The van der Waals surface area contributed by atoms with Gasteiger partial charge >= 0.3 is 5.69 Å². The molecule has 1 aromatic heterocycles. The Bertz CT molecular complexity index is 1330. The van der Waals surface area contributed by atoms with Crippen molar-refractivity contribution in [3.63, 3.8) is 0 Å². The van der Waals surface area contributed by atoms with Gasteiger partial charge in [-0.15, -0.1) is 0 Å². The summed E-state index contributed by atoms with van der Waals surface area (Å²) in [6, 6.07) is 15.8. The van der Waals surface area contributed by atoms with Gasteiger partial charge in [-0.3, -0.25) is 19.1 Å². The smallest absolute Gasteiger partial charge is 0.330 e. The maximum absolute atomic E-state index is 13.0. The number of nitrogens with one attached hydrogen (secondary N) is 2. The summed E-state index contributed by atoms with van der Waals surface area (Å²) >= 11 is 6.02. The number of aromatic amines is 1. The zero-order chi connectivity index (χ0) is 24.7. The normalized spacial score (nSPS) is 10.5. The first-order valence-electron chi connectivity index (χ1n) is 10.7. The summed E-state index contributed by atoms with van der Waals surface area (Å²) in [4.78, 5) is 42.0. The molecule has 3 rings (SSSR count). The number of nitrogens with zero attached hydrogens (tertiary/aromatic N) is 3. The van der Waals surface area contributed by atoms with Crippen LogP contribution < -0.4 is 27.2 Å². The van der Waals surface area contributed by atoms with Crippen LogP contribution in [0, 0.1) is 11.3 Å². The summed E-state index contributed by atoms with van der Waals surface area (Å²) in [5.74, 6) is -0.494. The van der Waals surface area contributed by atoms with Crippen LogP contribution in [0.5, 0.6) is 0 Å². The van der Waals surface area contributed by atoms with Crippen LogP contribution >= 0.6 is 11.6 Å². The predicted octanol–water partition coefficient (Wildman–Crippen LogP) is 3.09. The predicted molar refractivity (Wildman–Crippen MR) is 133 cm³/mol. The molecule has 1 amide bonds. The molecule has 0 atom stereocenters. The Morgan fingerprint density at radius 1 is 1.24 bits per heavy atom. The monoisotopic (exact) mass is 480 g/mol. The lowest BCUT2D eigenvalue weighted by molar-refractivity contribution is -0.115. The summed E-state index contributed by atoms with van der Waals surface area (Å²) in [7, 11) is 0. The van der Waals surface area contributed by atoms with Gasteiger partial charge in [0.15, 0.2) is 0 Å². The average Bonchev–Trinajstić information content (AvgIpc) is 2.79. The van der Waals surface area contributed by atoms with Gasteiger partial charge < -0.3 is 16.0 Å². The van der Waals surface area contributed by atoms with Gasteiger partial charge in [0.25, 0.3) is 5.56 Å². The van der Waals surface area contributed by atoms with E-state index < -0.39 is 17.2 Å². The maximum Gasteiger partial charge on any atom is 0.330 e. The van der Waals surface area contributed by atoms with E-state index in [4.69, 9.17) is 17.3 Å². The Kier molecular flexibility index (Phi) is 8.11. The number of carbonyl (C=O) groups is 1. The molecule has 1 heterocycles. The number of nitriles is 1. The first kappa shape index (κ1) is 24.6. The van der Waals surface area contributed by atoms with Crippen molar-refractivity contribution < 1.29 is 4.79 Å². The second-order valence-electron chi connectivity index (χ2n) is 7.69. The molecule has 4 N–H and O–H groups in total. The average molecular weight is 481 g/mol. The largest absolute Gasteiger partial charge is 0.383 e. The van der Waals surface area contributed by atoms with Crippen molar-refractivity contribution >= 4 is 34.7 Å². The molecule has 0 unspecified atom stereocenters. The lowest BCUT2D eigenvalue weighted by atomic mass is 10.2. The highest BCUT2D eigenvalue weighted by Crippen LogP contribution is 2.22. The summed E-state index contributed by atoms with van der Waals surface area (Å²) in [5, 5.41) is 12.4. The number of anilines is 3. The van der Waals surface area contributed by atoms with Gasteiger partial charge in [-0.25, -0.2) is 4.79 Å². The minimum atomic E-state index is -0.681. The standard InChI is InChI=1S/C24H25ClN6O3/c1-2-3-11-31-22(27)21(23(33)29-24(31)34)30(14-16-7-5-4-6-8-16)15-20(32)28-19-12-18(25)10-9-17(19)13-26/h4-10,12H,2-3,11,14-15,27H2,1H3,(H,28,32)(H,29,33,34). The second-order valence-corrected chi connectivity index (χ2v) is 8.13. The van der Waals surface area contributed by atoms with Crippen LogP contribution in [-0.2, 0) is 17.9 Å². The van der Waals surface area contributed by atoms with E-state index in [1.165, 1.54) is 21.6 Å². The maximum atomic E-state index is 13.0. The number of unbranched alkanes of at least 4 members (excludes halogenated alkanes) is 1. The first-order valence-corrected chi connectivity index (χ1v) is 11.1. The number of rotatable bonds is 9. The fourth-order valence-electron chi connectivity index (χ4n) is 3.52. The number of nitrogen functional groups attached to an aromatic ring is 1. The molecule has 0 fully saturated rings. The van der Waals surface area contributed by atoms with Crippen molar-refractivity contribution in [2.45, 2.75) is 32.9 Å². The van der Waals surface area contributed by atoms with Crippen molar-refractivity contribution in [1.29, 1.82) is 5.26 Å². The zero-order valence-corrected chi connectivity index (χ0v) is 19.4. The molecule has 0 aliphatic carbocycles. The highest BCUT2D eigenvalue weighted by atomic mass is 35.5. The van der Waals surface area contributed by atoms with E-state index in [1.54, 1.807) is 6.07 Å². The van der Waals surface area contributed by atoms with Crippen LogP contribution in [0.15, 0.2) is 58.1 Å². The van der Waals surface area contributed by atoms with Gasteiger partial charge in [-0.2, -0.15) is 5.26 Å². The minimum absolute atomic E-state index is 0.00796. The van der Waals surface area contributed by atoms with Crippen molar-refractivity contribution in [3.05, 3.63) is 85.5 Å². The summed E-state index contributed by atoms with van der Waals surface area (Å²) in [5.41, 5.74) is 6.38. The number of halogens is 1. The molecule has 0 saturated carbocycles. The third-order valence-corrected chi connectivity index (χ3v) is 5.43. The molecule has 0 radical (unpaired) electrons. The minimum Gasteiger partial charge on any atom is -0.383 e. The van der Waals surface area contributed by atoms with Gasteiger partial charge in [0.1, 0.15) is 17.6 Å². The number of H-pyrrole nitrogens is 1. The molecule has 0 saturated heterocycles. The number of hydrogen-bond donors (Lipinski definition) is 3. The third kappa shape index (κ3) is 5.85. The molecule has 0 aliphatic heterocycles. The molecule has 0 bridgehead atoms. The molecule has 2 aromatic carbocycles. The topological polar surface area (TPSA) is 137 Å². The van der Waals surface area contributed by atoms with Gasteiger partial charge in [0.05, 0.1) is 17.8 Å². The van der Waals surface area contributed by atoms with Gasteiger partial charge in [0, 0.05) is 18.1 Å². The number of carbonyl (C=O) groups excluding carboxylic acids is 1. The van der Waals surface area contributed by atoms with Crippen molar-refractivity contribution in [2.75, 3.05) is 22.5 Å². The van der Waals surface area contributed by atoms with Crippen molar-refractivity contribution in [3.8, 4) is 6.07 Å². The van der Waals surface area contributed by atoms with Crippen LogP contribution in [0.25, 0.3) is 0 Å². The Balaban J connectivity index is 1.99. The quantitative estimate of drug-likeness (QED) is 0.430. The molecule has 3 aromatic rings. The fraction of sp³-hybridized carbons (Fsp3) is 0.250. The second kappa shape index (κ2) is 11.2. The fourth-order valence-corrected chi connectivity index (χ4v) is 3.69. The van der Waals surface area contributed by atoms with E-state index in [0.29, 0.717) is 18.0 Å². The third-order valence-electron chi connectivity index (χ3n) is 5.19. The van der Waals surface area contributed by atoms with Crippen LogP contribution in [0.2, 0.25) is 5.02 Å². The van der Waals surface area contributed by atoms with Crippen LogP contribution in [0.1, 0.15) is 30.9 Å². The van der Waals surface area contributed by atoms with E-state index >= 15 is 0 Å². The Morgan fingerprint density at radius 2 is 1.97 bits per heavy atom. The number of benzene rings is 2. The van der Waals surface area contributed by atoms with Crippen LogP contribution in [0.3, 0.4) is 0 Å². The van der Waals surface area contributed by atoms with Crippen molar-refractivity contribution in [1.82, 2.24) is 9.55 Å². The van der Waals surface area contributed by atoms with E-state index in [0.717, 1.165) is 12.0 Å². The molecule has 34 heavy (non-hydrogen) atoms. The van der Waals surface area contributed by atoms with E-state index in [-0.39, 0.29) is 35.8 Å². The lowest BCUT2D eigenvalue weighted by Gasteiger charge is -2.26. The van der Waals surface area contributed by atoms with E-state index in [1.807, 2.05) is 43.3 Å². The Labute approximate surface area is 201 Å². The molecule has 0 spiro atoms. The van der Waals surface area contributed by atoms with Gasteiger partial charge in [-0.05, 0) is 30.2 Å². The highest BCUT2D eigenvalue weighted by Gasteiger charge is 2.22. The number of hydrogen-bond acceptors (Lipinski definition) is 6. The number of amides is 1. The van der Waals surface area contributed by atoms with E-state index in [9.17, 15) is 19.6 Å². The van der Waals surface area contributed by atoms with Gasteiger partial charge in [0.2, 0.25) is 5.91 Å². The molecule has 0 aliphatic rings. The Hall–Kier alpha value is -4.03. The van der Waals surface area contributed by atoms with Gasteiger partial charge in [-0.1, -0.05) is 55.3 Å². The molecular weight excluding hydrogens is 456 g/mol. The summed E-state index contributed by atoms with van der Waals surface area (Å²) in [6.07, 6.45) is 1.53. The SMILES string of the molecule is CCCCn1c(N)c(N(CC(=O)Nc2cc(Cl)ccc2C#N)Cc2ccccc2)c(=O)[nH]c1=O. The summed E-state index contributed by atoms with van der Waals surface area (Å²) in [6.45, 7) is 2.25. The molecular formula is C24H25ClN6O3. The number of nitrogens with two attached hydrogens (primary N) is 1. The summed E-state index contributed by atoms with van der Waals surface area (Å²) < 4.78 is 1.31. The first-order chi connectivity index (χ1) is 16.3. The number of aromatic nitrogens is 2. The van der Waals surface area contributed by atoms with Crippen LogP contribution in [0.4, 0.5) is 17.2 Å². The van der Waals surface area contributed by atoms with E-state index in [2.05, 4.69) is 10.3 Å². The lowest BCUT2D eigenvalue weighted by Crippen LogP contribution is -2.41. The Morgan fingerprint density at radius 3 is 2.65 bits per heavy atom.